The molecule has 0 aliphatic heterocycles. The Morgan fingerprint density at radius 3 is 2.35 bits per heavy atom. The first kappa shape index (κ1) is 16.8. The van der Waals surface area contributed by atoms with Crippen molar-refractivity contribution in [3.8, 4) is 0 Å². The molecule has 0 spiro atoms. The third-order valence-corrected chi connectivity index (χ3v) is 3.66. The molecule has 20 heavy (non-hydrogen) atoms. The first-order valence-corrected chi connectivity index (χ1v) is 7.27. The molecule has 0 aromatic heterocycles. The molecule has 0 saturated heterocycles. The van der Waals surface area contributed by atoms with Crippen LogP contribution in [0.4, 0.5) is 4.79 Å². The third-order valence-electron chi connectivity index (χ3n) is 3.66. The van der Waals surface area contributed by atoms with Gasteiger partial charge in [-0.3, -0.25) is 4.79 Å². The summed E-state index contributed by atoms with van der Waals surface area (Å²) in [7, 11) is 0. The molecule has 3 N–H and O–H groups in total. The smallest absolute Gasteiger partial charge is 0.318 e. The summed E-state index contributed by atoms with van der Waals surface area (Å²) in [5.74, 6) is -0.943. The Kier molecular flexibility index (Phi) is 6.26. The van der Waals surface area contributed by atoms with Crippen molar-refractivity contribution in [2.45, 2.75) is 64.0 Å². The molecule has 0 radical (unpaired) electrons. The van der Waals surface area contributed by atoms with Crippen LogP contribution in [0.5, 0.6) is 0 Å². The molecule has 116 valence electrons. The number of nitrogens with zero attached hydrogens (tertiary/aromatic N) is 1. The van der Waals surface area contributed by atoms with Gasteiger partial charge in [0.2, 0.25) is 0 Å². The zero-order valence-corrected chi connectivity index (χ0v) is 12.4. The number of aliphatic hydroxyl groups is 1. The molecule has 1 saturated carbocycles. The van der Waals surface area contributed by atoms with Gasteiger partial charge < -0.3 is 20.4 Å². The highest BCUT2D eigenvalue weighted by molar-refractivity contribution is 5.77. The second-order valence-electron chi connectivity index (χ2n) is 6.09. The van der Waals surface area contributed by atoms with Crippen LogP contribution in [-0.2, 0) is 4.79 Å². The fourth-order valence-electron chi connectivity index (χ4n) is 2.73. The van der Waals surface area contributed by atoms with Crippen LogP contribution in [-0.4, -0.2) is 51.8 Å². The van der Waals surface area contributed by atoms with Crippen molar-refractivity contribution in [3.63, 3.8) is 0 Å². The number of rotatable bonds is 6. The number of hydrogen-bond donors (Lipinski definition) is 3. The second-order valence-corrected chi connectivity index (χ2v) is 6.09. The summed E-state index contributed by atoms with van der Waals surface area (Å²) in [4.78, 5) is 24.8. The maximum Gasteiger partial charge on any atom is 0.318 e. The largest absolute Gasteiger partial charge is 0.481 e. The van der Waals surface area contributed by atoms with Crippen LogP contribution in [0.3, 0.4) is 0 Å². The van der Waals surface area contributed by atoms with Crippen molar-refractivity contribution in [2.75, 3.05) is 13.2 Å². The Morgan fingerprint density at radius 2 is 1.85 bits per heavy atom. The lowest BCUT2D eigenvalue weighted by Crippen LogP contribution is -2.54. The number of aliphatic carboxylic acids is 1. The minimum atomic E-state index is -0.943. The molecule has 0 bridgehead atoms. The van der Waals surface area contributed by atoms with Crippen LogP contribution in [0.15, 0.2) is 0 Å². The highest BCUT2D eigenvalue weighted by Crippen LogP contribution is 2.23. The van der Waals surface area contributed by atoms with Crippen LogP contribution >= 0.6 is 0 Å². The van der Waals surface area contributed by atoms with Crippen molar-refractivity contribution < 1.29 is 19.8 Å². The van der Waals surface area contributed by atoms with E-state index in [-0.39, 0.29) is 25.1 Å². The third kappa shape index (κ3) is 5.36. The van der Waals surface area contributed by atoms with E-state index in [4.69, 9.17) is 10.2 Å². The predicted octanol–water partition coefficient (Wildman–Crippen LogP) is 1.58. The average molecular weight is 286 g/mol. The number of carbonyl (C=O) groups excluding carboxylic acids is 1. The van der Waals surface area contributed by atoms with E-state index in [1.807, 2.05) is 0 Å². The van der Waals surface area contributed by atoms with E-state index in [1.54, 1.807) is 18.7 Å². The molecule has 6 nitrogen and oxygen atoms in total. The van der Waals surface area contributed by atoms with Gasteiger partial charge in [-0.25, -0.2) is 4.79 Å². The monoisotopic (exact) mass is 286 g/mol. The molecule has 1 rings (SSSR count). The number of urea groups is 1. The summed E-state index contributed by atoms with van der Waals surface area (Å²) < 4.78 is 0. The summed E-state index contributed by atoms with van der Waals surface area (Å²) in [6, 6.07) is -0.131. The van der Waals surface area contributed by atoms with Gasteiger partial charge in [0.05, 0.1) is 13.0 Å². The van der Waals surface area contributed by atoms with Crippen molar-refractivity contribution in [1.29, 1.82) is 0 Å². The number of hydrogen-bond acceptors (Lipinski definition) is 3. The normalized spacial score (nSPS) is 16.8. The van der Waals surface area contributed by atoms with E-state index < -0.39 is 11.5 Å². The zero-order chi connectivity index (χ0) is 15.2. The molecule has 0 unspecified atom stereocenters. The number of nitrogens with one attached hydrogen (secondary N) is 1. The minimum Gasteiger partial charge on any atom is -0.481 e. The van der Waals surface area contributed by atoms with Crippen LogP contribution < -0.4 is 5.32 Å². The summed E-state index contributed by atoms with van der Waals surface area (Å²) in [5.41, 5.74) is -0.800. The minimum absolute atomic E-state index is 0.0801. The van der Waals surface area contributed by atoms with Crippen LogP contribution in [0.25, 0.3) is 0 Å². The summed E-state index contributed by atoms with van der Waals surface area (Å²) in [6.07, 6.45) is 5.16. The average Bonchev–Trinajstić information content (AvgIpc) is 2.34. The van der Waals surface area contributed by atoms with E-state index in [2.05, 4.69) is 5.32 Å². The fourth-order valence-corrected chi connectivity index (χ4v) is 2.73. The molecule has 0 heterocycles. The Balaban J connectivity index is 2.65. The Labute approximate surface area is 120 Å². The van der Waals surface area contributed by atoms with Gasteiger partial charge in [-0.15, -0.1) is 0 Å². The van der Waals surface area contributed by atoms with Crippen molar-refractivity contribution in [1.82, 2.24) is 10.2 Å². The second kappa shape index (κ2) is 7.47. The molecule has 0 atom stereocenters. The molecule has 0 aromatic carbocycles. The quantitative estimate of drug-likeness (QED) is 0.691. The van der Waals surface area contributed by atoms with Crippen LogP contribution in [0.2, 0.25) is 0 Å². The molecule has 1 fully saturated rings. The first-order chi connectivity index (χ1) is 9.35. The number of aliphatic hydroxyl groups excluding tert-OH is 1. The highest BCUT2D eigenvalue weighted by atomic mass is 16.4. The van der Waals surface area contributed by atoms with E-state index in [1.165, 1.54) is 6.42 Å². The lowest BCUT2D eigenvalue weighted by molar-refractivity contribution is -0.138. The fraction of sp³-hybridized carbons (Fsp3) is 0.857. The SMILES string of the molecule is CC(C)(CC(=O)O)NC(=O)N(CCO)C1CCCCC1. The van der Waals surface area contributed by atoms with E-state index in [0.29, 0.717) is 6.54 Å². The topological polar surface area (TPSA) is 89.9 Å². The van der Waals surface area contributed by atoms with E-state index in [9.17, 15) is 9.59 Å². The number of carbonyl (C=O) groups is 2. The van der Waals surface area contributed by atoms with Gasteiger partial charge in [-0.2, -0.15) is 0 Å². The van der Waals surface area contributed by atoms with Gasteiger partial charge in [0, 0.05) is 18.1 Å². The van der Waals surface area contributed by atoms with Crippen molar-refractivity contribution >= 4 is 12.0 Å². The maximum absolute atomic E-state index is 12.3. The highest BCUT2D eigenvalue weighted by Gasteiger charge is 2.30. The van der Waals surface area contributed by atoms with E-state index >= 15 is 0 Å². The molecule has 6 heteroatoms. The van der Waals surface area contributed by atoms with Gasteiger partial charge in [-0.1, -0.05) is 19.3 Å². The standard InChI is InChI=1S/C14H26N2O4/c1-14(2,10-12(18)19)15-13(20)16(8-9-17)11-6-4-3-5-7-11/h11,17H,3-10H2,1-2H3,(H,15,20)(H,18,19). The molecule has 1 aliphatic rings. The van der Waals surface area contributed by atoms with Gasteiger partial charge in [-0.05, 0) is 26.7 Å². The summed E-state index contributed by atoms with van der Waals surface area (Å²) in [6.45, 7) is 3.59. The zero-order valence-electron chi connectivity index (χ0n) is 12.4. The first-order valence-electron chi connectivity index (χ1n) is 7.27. The van der Waals surface area contributed by atoms with Crippen LogP contribution in [0.1, 0.15) is 52.4 Å². The van der Waals surface area contributed by atoms with Gasteiger partial charge in [0.1, 0.15) is 0 Å². The number of amides is 2. The molecular weight excluding hydrogens is 260 g/mol. The molecule has 1 aliphatic carbocycles. The Morgan fingerprint density at radius 1 is 1.25 bits per heavy atom. The number of carboxylic acid groups (broad SMARTS) is 1. The Bertz CT molecular complexity index is 338. The van der Waals surface area contributed by atoms with Gasteiger partial charge >= 0.3 is 12.0 Å². The Hall–Kier alpha value is -1.30. The summed E-state index contributed by atoms with van der Waals surface area (Å²) >= 11 is 0. The predicted molar refractivity (Wildman–Crippen MR) is 75.5 cm³/mol. The van der Waals surface area contributed by atoms with Crippen LogP contribution in [0, 0.1) is 0 Å². The van der Waals surface area contributed by atoms with Gasteiger partial charge in [0.15, 0.2) is 0 Å². The lowest BCUT2D eigenvalue weighted by atomic mass is 9.94. The molecule has 2 amide bonds. The van der Waals surface area contributed by atoms with Crippen molar-refractivity contribution in [2.24, 2.45) is 0 Å². The molecule has 0 aromatic rings. The number of carboxylic acids is 1. The summed E-state index contributed by atoms with van der Waals surface area (Å²) in [5, 5.41) is 20.8. The van der Waals surface area contributed by atoms with Crippen molar-refractivity contribution in [3.05, 3.63) is 0 Å². The maximum atomic E-state index is 12.3. The van der Waals surface area contributed by atoms with E-state index in [0.717, 1.165) is 25.7 Å². The molecular formula is C14H26N2O4. The lowest BCUT2D eigenvalue weighted by Gasteiger charge is -2.36. The van der Waals surface area contributed by atoms with Gasteiger partial charge in [0.25, 0.3) is 0 Å².